The van der Waals surface area contributed by atoms with Gasteiger partial charge in [0.05, 0.1) is 0 Å². The van der Waals surface area contributed by atoms with Gasteiger partial charge in [0.2, 0.25) is 0 Å². The fourth-order valence-electron chi connectivity index (χ4n) is 3.03. The van der Waals surface area contributed by atoms with E-state index in [9.17, 15) is 16.8 Å². The van der Waals surface area contributed by atoms with Crippen molar-refractivity contribution in [2.45, 2.75) is 9.79 Å². The highest BCUT2D eigenvalue weighted by Gasteiger charge is 2.18. The van der Waals surface area contributed by atoms with Crippen molar-refractivity contribution >= 4 is 70.4 Å². The number of hydrogen-bond donors (Lipinski definition) is 3. The predicted molar refractivity (Wildman–Crippen MR) is 144 cm³/mol. The number of sulfonamides is 2. The van der Waals surface area contributed by atoms with Gasteiger partial charge in [-0.25, -0.2) is 36.8 Å². The monoisotopic (exact) mass is 600 g/mol. The van der Waals surface area contributed by atoms with Gasteiger partial charge in [-0.05, 0) is 24.3 Å². The number of halogens is 1. The summed E-state index contributed by atoms with van der Waals surface area (Å²) in [7, 11) is -7.25. The van der Waals surface area contributed by atoms with Gasteiger partial charge >= 0.3 is 0 Å². The summed E-state index contributed by atoms with van der Waals surface area (Å²) in [6, 6.07) is 6.10. The minimum Gasteiger partial charge on any atom is -0.354 e. The van der Waals surface area contributed by atoms with Crippen molar-refractivity contribution < 1.29 is 16.8 Å². The maximum Gasteiger partial charge on any atom is 0.265 e. The Kier molecular flexibility index (Phi) is 8.88. The lowest BCUT2D eigenvalue weighted by molar-refractivity contribution is 0.584. The van der Waals surface area contributed by atoms with Crippen LogP contribution in [0, 0.1) is 0 Å². The molecule has 3 N–H and O–H groups in total. The average molecular weight is 601 g/mol. The van der Waals surface area contributed by atoms with Crippen LogP contribution in [0.2, 0.25) is 5.15 Å². The van der Waals surface area contributed by atoms with Gasteiger partial charge in [-0.15, -0.1) is 22.7 Å². The molecule has 1 aliphatic heterocycles. The van der Waals surface area contributed by atoms with Crippen molar-refractivity contribution in [3.05, 3.63) is 65.0 Å². The fourth-order valence-corrected chi connectivity index (χ4v) is 6.61. The van der Waals surface area contributed by atoms with Gasteiger partial charge in [0.15, 0.2) is 10.3 Å². The standard InChI is InChI=1S/C12H15N5O2S2.C8H6ClN3O2S2/c18-21(19,16-12-14-5-8-20-12)10-1-2-11(15-9-10)17-6-3-13-4-7-17;9-7-2-1-6(5-11-7)16(13,14)12-8-10-3-4-15-8/h1-2,5,8-9,13H,3-4,6-7H2,(H,14,16);1-5H,(H,10,12). The highest BCUT2D eigenvalue weighted by Crippen LogP contribution is 2.20. The Balaban J connectivity index is 0.000000180. The molecule has 196 valence electrons. The Morgan fingerprint density at radius 2 is 1.32 bits per heavy atom. The summed E-state index contributed by atoms with van der Waals surface area (Å²) in [5, 5.41) is 7.56. The number of aromatic nitrogens is 4. The lowest BCUT2D eigenvalue weighted by Crippen LogP contribution is -2.43. The number of piperazine rings is 1. The Morgan fingerprint density at radius 1 is 0.784 bits per heavy atom. The van der Waals surface area contributed by atoms with Crippen molar-refractivity contribution in [3.8, 4) is 0 Å². The largest absolute Gasteiger partial charge is 0.354 e. The highest BCUT2D eigenvalue weighted by atomic mass is 35.5. The molecule has 17 heteroatoms. The number of nitrogens with zero attached hydrogens (tertiary/aromatic N) is 5. The van der Waals surface area contributed by atoms with Gasteiger partial charge < -0.3 is 10.2 Å². The second kappa shape index (κ2) is 12.1. The normalized spacial score (nSPS) is 13.9. The lowest BCUT2D eigenvalue weighted by atomic mass is 10.3. The van der Waals surface area contributed by atoms with Crippen LogP contribution >= 0.6 is 34.3 Å². The second-order valence-corrected chi connectivity index (χ2v) is 12.8. The summed E-state index contributed by atoms with van der Waals surface area (Å²) in [5.41, 5.74) is 0. The van der Waals surface area contributed by atoms with Gasteiger partial charge in [-0.3, -0.25) is 9.44 Å². The summed E-state index contributed by atoms with van der Waals surface area (Å²) in [6.45, 7) is 3.56. The van der Waals surface area contributed by atoms with Gasteiger partial charge in [-0.1, -0.05) is 11.6 Å². The van der Waals surface area contributed by atoms with Crippen LogP contribution in [-0.4, -0.2) is 63.0 Å². The maximum atomic E-state index is 12.2. The van der Waals surface area contributed by atoms with Crippen LogP contribution in [0.1, 0.15) is 0 Å². The SMILES string of the molecule is O=S(=O)(Nc1nccs1)c1ccc(Cl)nc1.O=S(=O)(Nc1nccs1)c1ccc(N2CCNCC2)nc1. The van der Waals surface area contributed by atoms with E-state index in [1.54, 1.807) is 29.1 Å². The van der Waals surface area contributed by atoms with Crippen LogP contribution in [0.3, 0.4) is 0 Å². The zero-order valence-corrected chi connectivity index (χ0v) is 23.0. The molecule has 0 aromatic carbocycles. The van der Waals surface area contributed by atoms with Crippen molar-refractivity contribution in [1.82, 2.24) is 25.3 Å². The average Bonchev–Trinajstić information content (AvgIpc) is 3.59. The molecule has 0 spiro atoms. The molecule has 12 nitrogen and oxygen atoms in total. The third-order valence-corrected chi connectivity index (χ3v) is 9.30. The zero-order valence-electron chi connectivity index (χ0n) is 19.0. The molecule has 4 aromatic rings. The molecule has 0 saturated carbocycles. The number of pyridine rings is 2. The molecule has 5 rings (SSSR count). The van der Waals surface area contributed by atoms with Gasteiger partial charge in [0.1, 0.15) is 20.8 Å². The molecule has 1 aliphatic rings. The van der Waals surface area contributed by atoms with E-state index in [-0.39, 0.29) is 14.9 Å². The molecule has 0 aliphatic carbocycles. The smallest absolute Gasteiger partial charge is 0.265 e. The summed E-state index contributed by atoms with van der Waals surface area (Å²) in [4.78, 5) is 18.0. The van der Waals surface area contributed by atoms with E-state index >= 15 is 0 Å². The molecule has 0 amide bonds. The van der Waals surface area contributed by atoms with Crippen molar-refractivity contribution in [3.63, 3.8) is 0 Å². The first-order valence-electron chi connectivity index (χ1n) is 10.6. The Labute approximate surface area is 226 Å². The summed E-state index contributed by atoms with van der Waals surface area (Å²) in [6.07, 6.45) is 5.64. The summed E-state index contributed by atoms with van der Waals surface area (Å²) >= 11 is 8.00. The highest BCUT2D eigenvalue weighted by molar-refractivity contribution is 7.93. The van der Waals surface area contributed by atoms with E-state index in [0.717, 1.165) is 32.0 Å². The maximum absolute atomic E-state index is 12.2. The molecule has 4 aromatic heterocycles. The van der Waals surface area contributed by atoms with Crippen molar-refractivity contribution in [2.24, 2.45) is 0 Å². The summed E-state index contributed by atoms with van der Waals surface area (Å²) < 4.78 is 52.7. The fraction of sp³-hybridized carbons (Fsp3) is 0.200. The second-order valence-electron chi connectivity index (χ2n) is 7.29. The Morgan fingerprint density at radius 3 is 1.76 bits per heavy atom. The molecular weight excluding hydrogens is 580 g/mol. The van der Waals surface area contributed by atoms with Crippen LogP contribution in [0.5, 0.6) is 0 Å². The van der Waals surface area contributed by atoms with Crippen molar-refractivity contribution in [2.75, 3.05) is 40.5 Å². The number of hydrogen-bond acceptors (Lipinski definition) is 12. The molecule has 0 bridgehead atoms. The molecule has 0 radical (unpaired) electrons. The van der Waals surface area contributed by atoms with Crippen LogP contribution in [0.15, 0.2) is 69.6 Å². The molecule has 1 fully saturated rings. The Bertz CT molecular complexity index is 1480. The first kappa shape index (κ1) is 27.2. The number of nitrogens with one attached hydrogen (secondary N) is 3. The number of rotatable bonds is 7. The lowest BCUT2D eigenvalue weighted by Gasteiger charge is -2.28. The number of anilines is 3. The topological polar surface area (TPSA) is 159 Å². The number of thiazole rings is 2. The molecule has 0 unspecified atom stereocenters. The van der Waals surface area contributed by atoms with E-state index in [0.29, 0.717) is 10.3 Å². The van der Waals surface area contributed by atoms with Crippen LogP contribution in [0.25, 0.3) is 0 Å². The van der Waals surface area contributed by atoms with E-state index < -0.39 is 20.0 Å². The van der Waals surface area contributed by atoms with E-state index in [1.165, 1.54) is 53.4 Å². The minimum absolute atomic E-state index is 0.0482. The first-order valence-corrected chi connectivity index (χ1v) is 15.7. The third kappa shape index (κ3) is 7.56. The zero-order chi connectivity index (χ0) is 26.3. The minimum atomic E-state index is -3.63. The predicted octanol–water partition coefficient (Wildman–Crippen LogP) is 2.74. The van der Waals surface area contributed by atoms with Gasteiger partial charge in [0.25, 0.3) is 20.0 Å². The van der Waals surface area contributed by atoms with E-state index in [2.05, 4.69) is 39.6 Å². The quantitative estimate of drug-likeness (QED) is 0.269. The Hall–Kier alpha value is -2.89. The first-order chi connectivity index (χ1) is 17.7. The molecule has 0 atom stereocenters. The van der Waals surface area contributed by atoms with Crippen LogP contribution in [-0.2, 0) is 20.0 Å². The molecule has 5 heterocycles. The van der Waals surface area contributed by atoms with Gasteiger partial charge in [0, 0.05) is 61.7 Å². The van der Waals surface area contributed by atoms with E-state index in [1.807, 2.05) is 0 Å². The van der Waals surface area contributed by atoms with Crippen LogP contribution < -0.4 is 19.7 Å². The van der Waals surface area contributed by atoms with Crippen LogP contribution in [0.4, 0.5) is 16.1 Å². The molecular formula is C20H21ClN8O4S4. The third-order valence-electron chi connectivity index (χ3n) is 4.79. The molecule has 37 heavy (non-hydrogen) atoms. The summed E-state index contributed by atoms with van der Waals surface area (Å²) in [5.74, 6) is 0.796. The van der Waals surface area contributed by atoms with Crippen molar-refractivity contribution in [1.29, 1.82) is 0 Å². The molecule has 1 saturated heterocycles. The van der Waals surface area contributed by atoms with Gasteiger partial charge in [-0.2, -0.15) is 0 Å². The van der Waals surface area contributed by atoms with E-state index in [4.69, 9.17) is 11.6 Å².